The van der Waals surface area contributed by atoms with E-state index in [0.29, 0.717) is 19.4 Å². The summed E-state index contributed by atoms with van der Waals surface area (Å²) in [7, 11) is -3.05. The first-order valence-electron chi connectivity index (χ1n) is 10.5. The molecule has 0 saturated carbocycles. The molecule has 2 aromatic rings. The van der Waals surface area contributed by atoms with Crippen LogP contribution in [0.2, 0.25) is 0 Å². The van der Waals surface area contributed by atoms with E-state index >= 15 is 0 Å². The maximum atomic E-state index is 12.7. The fourth-order valence-electron chi connectivity index (χ4n) is 3.74. The second kappa shape index (κ2) is 10.4. The monoisotopic (exact) mass is 416 g/mol. The Morgan fingerprint density at radius 1 is 0.897 bits per heavy atom. The SMILES string of the molecule is CCOP(=O)(Cc1ccc(CN2CCN(c3cccc(C)c3)CC2)cc1)OCC. The van der Waals surface area contributed by atoms with Crippen LogP contribution in [0.3, 0.4) is 0 Å². The highest BCUT2D eigenvalue weighted by molar-refractivity contribution is 7.53. The van der Waals surface area contributed by atoms with Gasteiger partial charge >= 0.3 is 7.60 Å². The lowest BCUT2D eigenvalue weighted by Gasteiger charge is -2.36. The predicted molar refractivity (Wildman–Crippen MR) is 120 cm³/mol. The summed E-state index contributed by atoms with van der Waals surface area (Å²) in [6.07, 6.45) is 0.324. The third-order valence-electron chi connectivity index (χ3n) is 5.20. The summed E-state index contributed by atoms with van der Waals surface area (Å²) in [5.41, 5.74) is 4.90. The standard InChI is InChI=1S/C23H33N2O3P/c1-4-27-29(26,28-5-2)19-22-11-9-21(10-12-22)18-24-13-15-25(16-14-24)23-8-6-7-20(3)17-23/h6-12,17H,4-5,13-16,18-19H2,1-3H3. The third kappa shape index (κ3) is 6.42. The first-order valence-corrected chi connectivity index (χ1v) is 12.2. The molecule has 158 valence electrons. The molecule has 0 amide bonds. The lowest BCUT2D eigenvalue weighted by atomic mass is 10.1. The van der Waals surface area contributed by atoms with Gasteiger partial charge in [-0.25, -0.2) is 0 Å². The fraction of sp³-hybridized carbons (Fsp3) is 0.478. The van der Waals surface area contributed by atoms with Crippen molar-refractivity contribution >= 4 is 13.3 Å². The summed E-state index contributed by atoms with van der Waals surface area (Å²) in [5, 5.41) is 0. The van der Waals surface area contributed by atoms with Crippen LogP contribution < -0.4 is 4.90 Å². The number of hydrogen-bond acceptors (Lipinski definition) is 5. The number of hydrogen-bond donors (Lipinski definition) is 0. The van der Waals surface area contributed by atoms with Crippen LogP contribution in [-0.2, 0) is 26.3 Å². The van der Waals surface area contributed by atoms with Gasteiger partial charge in [0.25, 0.3) is 0 Å². The predicted octanol–water partition coefficient (Wildman–Crippen LogP) is 5.08. The van der Waals surface area contributed by atoms with Gasteiger partial charge in [-0.1, -0.05) is 36.4 Å². The molecule has 0 aromatic heterocycles. The van der Waals surface area contributed by atoms with E-state index < -0.39 is 7.60 Å². The van der Waals surface area contributed by atoms with Gasteiger partial charge in [-0.2, -0.15) is 0 Å². The minimum Gasteiger partial charge on any atom is -0.369 e. The summed E-state index contributed by atoms with van der Waals surface area (Å²) in [4.78, 5) is 4.96. The summed E-state index contributed by atoms with van der Waals surface area (Å²) in [5.74, 6) is 0. The third-order valence-corrected chi connectivity index (χ3v) is 7.25. The van der Waals surface area contributed by atoms with Crippen molar-refractivity contribution in [2.24, 2.45) is 0 Å². The zero-order valence-electron chi connectivity index (χ0n) is 17.8. The Balaban J connectivity index is 1.52. The Morgan fingerprint density at radius 2 is 1.52 bits per heavy atom. The smallest absolute Gasteiger partial charge is 0.335 e. The van der Waals surface area contributed by atoms with Gasteiger partial charge in [0.05, 0.1) is 19.4 Å². The lowest BCUT2D eigenvalue weighted by Crippen LogP contribution is -2.45. The number of aryl methyl sites for hydroxylation is 1. The molecular formula is C23H33N2O3P. The van der Waals surface area contributed by atoms with Crippen LogP contribution in [0.15, 0.2) is 48.5 Å². The van der Waals surface area contributed by atoms with Crippen LogP contribution in [0.4, 0.5) is 5.69 Å². The molecule has 0 spiro atoms. The van der Waals surface area contributed by atoms with E-state index in [1.807, 2.05) is 26.0 Å². The fourth-order valence-corrected chi connectivity index (χ4v) is 5.44. The molecule has 1 saturated heterocycles. The van der Waals surface area contributed by atoms with E-state index in [1.165, 1.54) is 16.8 Å². The average molecular weight is 417 g/mol. The minimum absolute atomic E-state index is 0.324. The molecule has 0 aliphatic carbocycles. The first kappa shape index (κ1) is 22.0. The molecule has 1 heterocycles. The van der Waals surface area contributed by atoms with E-state index in [1.54, 1.807) is 0 Å². The topological polar surface area (TPSA) is 42.0 Å². The number of anilines is 1. The molecule has 0 N–H and O–H groups in total. The molecule has 2 aromatic carbocycles. The summed E-state index contributed by atoms with van der Waals surface area (Å²) in [6.45, 7) is 11.8. The number of nitrogens with zero attached hydrogens (tertiary/aromatic N) is 2. The summed E-state index contributed by atoms with van der Waals surface area (Å²) >= 11 is 0. The Hall–Kier alpha value is -1.65. The van der Waals surface area contributed by atoms with Crippen molar-refractivity contribution in [3.63, 3.8) is 0 Å². The van der Waals surface area contributed by atoms with Crippen LogP contribution in [0.5, 0.6) is 0 Å². The Kier molecular flexibility index (Phi) is 7.91. The van der Waals surface area contributed by atoms with E-state index in [4.69, 9.17) is 9.05 Å². The molecule has 0 radical (unpaired) electrons. The van der Waals surface area contributed by atoms with Gasteiger partial charge in [0, 0.05) is 38.4 Å². The largest absolute Gasteiger partial charge is 0.369 e. The summed E-state index contributed by atoms with van der Waals surface area (Å²) in [6, 6.07) is 17.1. The van der Waals surface area contributed by atoms with Crippen molar-refractivity contribution in [1.29, 1.82) is 0 Å². The molecule has 0 unspecified atom stereocenters. The molecule has 5 nitrogen and oxygen atoms in total. The Bertz CT molecular complexity index is 807. The molecular weight excluding hydrogens is 383 g/mol. The molecule has 3 rings (SSSR count). The van der Waals surface area contributed by atoms with Crippen molar-refractivity contribution in [1.82, 2.24) is 4.90 Å². The van der Waals surface area contributed by atoms with Crippen molar-refractivity contribution < 1.29 is 13.6 Å². The van der Waals surface area contributed by atoms with Crippen molar-refractivity contribution in [3.05, 3.63) is 65.2 Å². The van der Waals surface area contributed by atoms with E-state index in [-0.39, 0.29) is 0 Å². The van der Waals surface area contributed by atoms with Gasteiger partial charge in [-0.15, -0.1) is 0 Å². The maximum absolute atomic E-state index is 12.7. The zero-order chi connectivity index (χ0) is 20.7. The molecule has 0 bridgehead atoms. The van der Waals surface area contributed by atoms with Crippen LogP contribution in [0, 0.1) is 6.92 Å². The second-order valence-electron chi connectivity index (χ2n) is 7.52. The van der Waals surface area contributed by atoms with Crippen LogP contribution in [0.25, 0.3) is 0 Å². The van der Waals surface area contributed by atoms with E-state index in [2.05, 4.69) is 53.1 Å². The molecule has 6 heteroatoms. The summed E-state index contributed by atoms with van der Waals surface area (Å²) < 4.78 is 23.5. The minimum atomic E-state index is -3.05. The van der Waals surface area contributed by atoms with Gasteiger partial charge in [0.2, 0.25) is 0 Å². The van der Waals surface area contributed by atoms with Gasteiger partial charge in [0.15, 0.2) is 0 Å². The van der Waals surface area contributed by atoms with Crippen LogP contribution in [0.1, 0.15) is 30.5 Å². The number of benzene rings is 2. The van der Waals surface area contributed by atoms with Crippen molar-refractivity contribution in [2.75, 3.05) is 44.3 Å². The highest BCUT2D eigenvalue weighted by atomic mass is 31.2. The number of rotatable bonds is 9. The first-order chi connectivity index (χ1) is 14.0. The van der Waals surface area contributed by atoms with Crippen LogP contribution >= 0.6 is 7.60 Å². The van der Waals surface area contributed by atoms with Gasteiger partial charge < -0.3 is 13.9 Å². The second-order valence-corrected chi connectivity index (χ2v) is 9.58. The van der Waals surface area contributed by atoms with E-state index in [9.17, 15) is 4.57 Å². The van der Waals surface area contributed by atoms with Crippen molar-refractivity contribution in [2.45, 2.75) is 33.5 Å². The highest BCUT2D eigenvalue weighted by Gasteiger charge is 2.24. The van der Waals surface area contributed by atoms with E-state index in [0.717, 1.165) is 38.3 Å². The molecule has 1 aliphatic rings. The normalized spacial score (nSPS) is 15.6. The molecule has 1 aliphatic heterocycles. The van der Waals surface area contributed by atoms with Gasteiger partial charge in [0.1, 0.15) is 0 Å². The average Bonchev–Trinajstić information content (AvgIpc) is 2.70. The quantitative estimate of drug-likeness (QED) is 0.533. The lowest BCUT2D eigenvalue weighted by molar-refractivity contribution is 0.219. The van der Waals surface area contributed by atoms with Crippen molar-refractivity contribution in [3.8, 4) is 0 Å². The molecule has 0 atom stereocenters. The van der Waals surface area contributed by atoms with Gasteiger partial charge in [-0.05, 0) is 49.6 Å². The highest BCUT2D eigenvalue weighted by Crippen LogP contribution is 2.51. The Labute approximate surface area is 175 Å². The van der Waals surface area contributed by atoms with Crippen LogP contribution in [-0.4, -0.2) is 44.3 Å². The van der Waals surface area contributed by atoms with Gasteiger partial charge in [-0.3, -0.25) is 9.46 Å². The molecule has 1 fully saturated rings. The Morgan fingerprint density at radius 3 is 2.10 bits per heavy atom. The number of piperazine rings is 1. The zero-order valence-corrected chi connectivity index (χ0v) is 18.7. The maximum Gasteiger partial charge on any atom is 0.335 e. The molecule has 29 heavy (non-hydrogen) atoms.